The first-order valence-corrected chi connectivity index (χ1v) is 18.9. The molecule has 1 aromatic carbocycles. The number of esters is 3. The summed E-state index contributed by atoms with van der Waals surface area (Å²) in [5, 5.41) is 17.8. The molecule has 5 rings (SSSR count). The highest BCUT2D eigenvalue weighted by Gasteiger charge is 2.62. The van der Waals surface area contributed by atoms with E-state index in [1.165, 1.54) is 29.9 Å². The average molecular weight is 741 g/mol. The first kappa shape index (κ1) is 38.7. The van der Waals surface area contributed by atoms with Gasteiger partial charge in [0, 0.05) is 0 Å². The number of hydrogen-bond acceptors (Lipinski definition) is 14. The summed E-state index contributed by atoms with van der Waals surface area (Å²) >= 11 is 0. The van der Waals surface area contributed by atoms with Gasteiger partial charge in [-0.15, -0.1) is 0 Å². The number of carbonyl (C=O) groups excluding carboxylic acids is 3. The third kappa shape index (κ3) is 8.73. The zero-order valence-electron chi connectivity index (χ0n) is 29.8. The summed E-state index contributed by atoms with van der Waals surface area (Å²) in [6.07, 6.45) is 1.04. The van der Waals surface area contributed by atoms with E-state index in [0.29, 0.717) is 5.52 Å². The molecule has 2 fully saturated rings. The van der Waals surface area contributed by atoms with Gasteiger partial charge in [-0.25, -0.2) is 14.1 Å². The summed E-state index contributed by atoms with van der Waals surface area (Å²) in [6, 6.07) is 12.2. The Bertz CT molecular complexity index is 1830. The normalized spacial score (nSPS) is 23.8. The monoisotopic (exact) mass is 740 g/mol. The zero-order valence-corrected chi connectivity index (χ0v) is 30.7. The molecule has 2 aliphatic rings. The van der Waals surface area contributed by atoms with Crippen LogP contribution >= 0.6 is 7.75 Å². The first-order chi connectivity index (χ1) is 24.8. The zero-order chi connectivity index (χ0) is 37.6. The first-order valence-electron chi connectivity index (χ1n) is 17.3. The van der Waals surface area contributed by atoms with E-state index in [4.69, 9.17) is 33.7 Å². The van der Waals surface area contributed by atoms with Crippen LogP contribution in [0.4, 0.5) is 5.82 Å². The van der Waals surface area contributed by atoms with Gasteiger partial charge in [-0.3, -0.25) is 18.9 Å². The Morgan fingerprint density at radius 1 is 1.00 bits per heavy atom. The summed E-state index contributed by atoms with van der Waals surface area (Å²) in [5.74, 6) is -3.06. The summed E-state index contributed by atoms with van der Waals surface area (Å²) in [4.78, 5) is 43.5. The number of benzene rings is 1. The van der Waals surface area contributed by atoms with Crippen LogP contribution in [0.3, 0.4) is 0 Å². The van der Waals surface area contributed by atoms with Crippen molar-refractivity contribution >= 4 is 37.0 Å². The molecule has 17 heteroatoms. The van der Waals surface area contributed by atoms with Gasteiger partial charge in [0.2, 0.25) is 5.60 Å². The van der Waals surface area contributed by atoms with E-state index >= 15 is 0 Å². The van der Waals surface area contributed by atoms with Crippen LogP contribution in [0.1, 0.15) is 78.5 Å². The smallest absolute Gasteiger partial charge is 0.459 e. The maximum Gasteiger partial charge on any atom is 0.459 e. The van der Waals surface area contributed by atoms with E-state index in [2.05, 4.69) is 15.2 Å². The number of nitrogens with two attached hydrogens (primary N) is 1. The predicted octanol–water partition coefficient (Wildman–Crippen LogP) is 4.84. The van der Waals surface area contributed by atoms with Crippen molar-refractivity contribution in [3.63, 3.8) is 0 Å². The molecule has 16 nitrogen and oxygen atoms in total. The van der Waals surface area contributed by atoms with E-state index in [-0.39, 0.29) is 23.4 Å². The van der Waals surface area contributed by atoms with Crippen LogP contribution in [-0.4, -0.2) is 69.1 Å². The number of aromatic nitrogens is 3. The highest BCUT2D eigenvalue weighted by atomic mass is 31.2. The predicted molar refractivity (Wildman–Crippen MR) is 185 cm³/mol. The lowest BCUT2D eigenvalue weighted by Crippen LogP contribution is -2.50. The maximum atomic E-state index is 14.6. The summed E-state index contributed by atoms with van der Waals surface area (Å²) in [6.45, 7) is 7.04. The van der Waals surface area contributed by atoms with Crippen LogP contribution in [0.5, 0.6) is 5.75 Å². The lowest BCUT2D eigenvalue weighted by molar-refractivity contribution is -0.173. The number of ether oxygens (including phenoxy) is 4. The Balaban J connectivity index is 1.52. The van der Waals surface area contributed by atoms with Crippen LogP contribution < -0.4 is 15.3 Å². The van der Waals surface area contributed by atoms with E-state index in [0.717, 1.165) is 32.1 Å². The molecule has 3 heterocycles. The Hall–Kier alpha value is -4.55. The van der Waals surface area contributed by atoms with Gasteiger partial charge >= 0.3 is 25.7 Å². The van der Waals surface area contributed by atoms with Crippen molar-refractivity contribution in [2.24, 2.45) is 11.8 Å². The molecule has 0 radical (unpaired) electrons. The molecule has 1 unspecified atom stereocenters. The van der Waals surface area contributed by atoms with Crippen molar-refractivity contribution < 1.29 is 46.9 Å². The largest absolute Gasteiger partial charge is 0.461 e. The minimum absolute atomic E-state index is 0.130. The van der Waals surface area contributed by atoms with Gasteiger partial charge in [-0.2, -0.15) is 15.4 Å². The topological polar surface area (TPSA) is 216 Å². The quantitative estimate of drug-likeness (QED) is 0.128. The number of carbonyl (C=O) groups is 3. The Morgan fingerprint density at radius 2 is 1.67 bits per heavy atom. The fourth-order valence-corrected chi connectivity index (χ4v) is 7.41. The van der Waals surface area contributed by atoms with Gasteiger partial charge in [0.25, 0.3) is 0 Å². The fourth-order valence-electron chi connectivity index (χ4n) is 5.89. The number of para-hydroxylation sites is 1. The molecular weight excluding hydrogens is 695 g/mol. The number of nitrogens with one attached hydrogen (secondary N) is 1. The third-order valence-corrected chi connectivity index (χ3v) is 10.4. The summed E-state index contributed by atoms with van der Waals surface area (Å²) < 4.78 is 51.7. The highest BCUT2D eigenvalue weighted by molar-refractivity contribution is 7.52. The third-order valence-electron chi connectivity index (χ3n) is 8.78. The number of nitriles is 1. The van der Waals surface area contributed by atoms with E-state index in [1.807, 2.05) is 6.07 Å². The van der Waals surface area contributed by atoms with Crippen molar-refractivity contribution in [3.05, 3.63) is 54.5 Å². The fraction of sp³-hybridized carbons (Fsp3) is 0.543. The number of anilines is 1. The molecule has 52 heavy (non-hydrogen) atoms. The average Bonchev–Trinajstić information content (AvgIpc) is 3.68. The molecule has 1 aliphatic heterocycles. The molecule has 6 atom stereocenters. The van der Waals surface area contributed by atoms with Crippen molar-refractivity contribution in [2.75, 3.05) is 12.3 Å². The van der Waals surface area contributed by atoms with E-state index < -0.39 is 74.1 Å². The molecule has 3 aromatic rings. The molecular formula is C35H45N6O10P. The molecule has 280 valence electrons. The number of nitrogens with zero attached hydrogens (tertiary/aromatic N) is 4. The van der Waals surface area contributed by atoms with Gasteiger partial charge in [0.05, 0.1) is 17.5 Å². The molecule has 0 amide bonds. The van der Waals surface area contributed by atoms with Crippen LogP contribution in [0.25, 0.3) is 5.52 Å². The Morgan fingerprint density at radius 3 is 2.33 bits per heavy atom. The second-order valence-corrected chi connectivity index (χ2v) is 15.2. The Kier molecular flexibility index (Phi) is 12.2. The SMILES string of the molecule is CC(C)C(=O)O[C@H]1[C@H](c2ccc3c(N)ncnn23)O[C@](C#N)(COP(=O)(N[C@@H](C)C(=O)OC2CCCCC2)Oc2ccccc2)[C@H]1OC(=O)C(C)C. The van der Waals surface area contributed by atoms with Crippen LogP contribution in [0.2, 0.25) is 0 Å². The molecule has 2 aromatic heterocycles. The standard InChI is InChI=1S/C35H45N6O10P/c1-21(2)32(42)48-29-28(26-16-17-27-31(37)38-20-39-41(26)27)50-35(18-36,30(29)49-33(43)22(3)4)19-46-52(45,51-25-14-10-7-11-15-25)40-23(5)34(44)47-24-12-8-6-9-13-24/h7,10-11,14-17,20-24,28-30H,6,8-9,12-13,19H2,1-5H3,(H,40,45)(H2,37,38,39)/t23-,28-,29-,30-,35+,52?/m0/s1. The maximum absolute atomic E-state index is 14.6. The molecule has 1 aliphatic carbocycles. The minimum atomic E-state index is -4.55. The lowest BCUT2D eigenvalue weighted by atomic mass is 9.95. The van der Waals surface area contributed by atoms with Gasteiger partial charge in [0.15, 0.2) is 18.0 Å². The van der Waals surface area contributed by atoms with Crippen molar-refractivity contribution in [3.8, 4) is 11.8 Å². The van der Waals surface area contributed by atoms with Crippen LogP contribution in [0, 0.1) is 23.2 Å². The van der Waals surface area contributed by atoms with E-state index in [9.17, 15) is 24.2 Å². The second-order valence-electron chi connectivity index (χ2n) is 13.5. The number of fused-ring (bicyclic) bond motifs is 1. The van der Waals surface area contributed by atoms with Gasteiger partial charge in [-0.05, 0) is 56.9 Å². The number of hydrogen-bond donors (Lipinski definition) is 2. The minimum Gasteiger partial charge on any atom is -0.461 e. The van der Waals surface area contributed by atoms with Gasteiger partial charge < -0.3 is 29.2 Å². The molecule has 3 N–H and O–H groups in total. The number of nitrogen functional groups attached to an aromatic ring is 1. The summed E-state index contributed by atoms with van der Waals surface area (Å²) in [5.41, 5.74) is 4.51. The van der Waals surface area contributed by atoms with Crippen LogP contribution in [0.15, 0.2) is 48.8 Å². The van der Waals surface area contributed by atoms with Gasteiger partial charge in [0.1, 0.15) is 48.5 Å². The summed E-state index contributed by atoms with van der Waals surface area (Å²) in [7, 11) is -4.55. The molecule has 1 saturated carbocycles. The molecule has 0 bridgehead atoms. The Labute approximate surface area is 301 Å². The number of rotatable bonds is 14. The van der Waals surface area contributed by atoms with E-state index in [1.54, 1.807) is 58.0 Å². The molecule has 0 spiro atoms. The van der Waals surface area contributed by atoms with Crippen molar-refractivity contribution in [2.45, 2.75) is 103 Å². The van der Waals surface area contributed by atoms with Crippen LogP contribution in [-0.2, 0) is 42.4 Å². The molecule has 1 saturated heterocycles. The second kappa shape index (κ2) is 16.4. The lowest BCUT2D eigenvalue weighted by Gasteiger charge is -2.31. The van der Waals surface area contributed by atoms with Gasteiger partial charge in [-0.1, -0.05) is 52.3 Å². The van der Waals surface area contributed by atoms with Crippen molar-refractivity contribution in [1.29, 1.82) is 5.26 Å². The highest BCUT2D eigenvalue weighted by Crippen LogP contribution is 2.50. The van der Waals surface area contributed by atoms with Crippen molar-refractivity contribution in [1.82, 2.24) is 19.7 Å².